The first-order chi connectivity index (χ1) is 13.2. The minimum absolute atomic E-state index is 0.202. The molecule has 1 atom stereocenters. The van der Waals surface area contributed by atoms with Crippen molar-refractivity contribution in [3.05, 3.63) is 30.0 Å². The predicted molar refractivity (Wildman–Crippen MR) is 117 cm³/mol. The molecule has 0 aliphatic carbocycles. The van der Waals surface area contributed by atoms with Gasteiger partial charge in [-0.1, -0.05) is 20.8 Å². The molecule has 3 rings (SSSR count). The van der Waals surface area contributed by atoms with E-state index in [0.29, 0.717) is 11.3 Å². The number of fused-ring (bicyclic) bond motifs is 1. The zero-order chi connectivity index (χ0) is 20.5. The number of aromatic nitrogens is 1. The average Bonchev–Trinajstić information content (AvgIpc) is 2.65. The van der Waals surface area contributed by atoms with Gasteiger partial charge < -0.3 is 14.1 Å². The smallest absolute Gasteiger partial charge is 0.192 e. The van der Waals surface area contributed by atoms with Crippen LogP contribution in [0.1, 0.15) is 39.2 Å². The third-order valence-corrected chi connectivity index (χ3v) is 10.7. The molecule has 0 saturated carbocycles. The van der Waals surface area contributed by atoms with Crippen LogP contribution in [0.25, 0.3) is 10.8 Å². The summed E-state index contributed by atoms with van der Waals surface area (Å²) < 4.78 is 12.1. The van der Waals surface area contributed by atoms with Gasteiger partial charge in [-0.05, 0) is 54.6 Å². The Balaban J connectivity index is 1.91. The number of rotatable bonds is 4. The van der Waals surface area contributed by atoms with Gasteiger partial charge in [-0.2, -0.15) is 5.26 Å². The summed E-state index contributed by atoms with van der Waals surface area (Å²) in [6.45, 7) is 13.3. The molecule has 28 heavy (non-hydrogen) atoms. The lowest BCUT2D eigenvalue weighted by Gasteiger charge is -2.42. The van der Waals surface area contributed by atoms with Crippen LogP contribution < -0.4 is 9.64 Å². The summed E-state index contributed by atoms with van der Waals surface area (Å²) in [6.07, 6.45) is 4.23. The number of hydrogen-bond donors (Lipinski definition) is 0. The van der Waals surface area contributed by atoms with E-state index in [0.717, 1.165) is 42.5 Å². The van der Waals surface area contributed by atoms with E-state index in [1.807, 2.05) is 24.4 Å². The van der Waals surface area contributed by atoms with Gasteiger partial charge in [-0.3, -0.25) is 0 Å². The highest BCUT2D eigenvalue weighted by molar-refractivity contribution is 6.74. The number of methoxy groups -OCH3 is 1. The maximum Gasteiger partial charge on any atom is 0.192 e. The highest BCUT2D eigenvalue weighted by atomic mass is 28.4. The molecule has 0 N–H and O–H groups in total. The molecule has 1 fully saturated rings. The lowest BCUT2D eigenvalue weighted by atomic mass is 10.0. The van der Waals surface area contributed by atoms with E-state index in [1.54, 1.807) is 7.11 Å². The number of nitriles is 1. The predicted octanol–water partition coefficient (Wildman–Crippen LogP) is 5.11. The van der Waals surface area contributed by atoms with E-state index in [1.165, 1.54) is 0 Å². The molecule has 0 amide bonds. The number of benzene rings is 1. The molecular formula is C22H31N3O2Si. The fraction of sp³-hybridized carbons (Fsp3) is 0.545. The summed E-state index contributed by atoms with van der Waals surface area (Å²) in [5, 5.41) is 11.6. The second-order valence-corrected chi connectivity index (χ2v) is 13.9. The first kappa shape index (κ1) is 20.6. The molecule has 150 valence electrons. The number of hydrogen-bond acceptors (Lipinski definition) is 5. The van der Waals surface area contributed by atoms with Crippen LogP contribution in [0.3, 0.4) is 0 Å². The molecule has 1 aromatic carbocycles. The Morgan fingerprint density at radius 2 is 2.04 bits per heavy atom. The summed E-state index contributed by atoms with van der Waals surface area (Å²) in [5.74, 6) is 1.54. The third-order valence-electron chi connectivity index (χ3n) is 6.13. The maximum atomic E-state index is 9.37. The van der Waals surface area contributed by atoms with E-state index < -0.39 is 8.32 Å². The third kappa shape index (κ3) is 4.01. The van der Waals surface area contributed by atoms with Gasteiger partial charge in [0.05, 0.1) is 18.8 Å². The van der Waals surface area contributed by atoms with Crippen LogP contribution in [0.2, 0.25) is 18.1 Å². The monoisotopic (exact) mass is 397 g/mol. The Hall–Kier alpha value is -2.10. The fourth-order valence-electron chi connectivity index (χ4n) is 3.51. The SMILES string of the molecule is COc1cc2c(N3CCC[C@H](O[Si](C)(C)C(C)(C)C)C3)nccc2cc1C#N. The fourth-order valence-corrected chi connectivity index (χ4v) is 4.89. The normalized spacial score (nSPS) is 18.2. The number of piperidine rings is 1. The lowest BCUT2D eigenvalue weighted by molar-refractivity contribution is 0.160. The number of anilines is 1. The van der Waals surface area contributed by atoms with Crippen LogP contribution in [-0.4, -0.2) is 39.6 Å². The zero-order valence-electron chi connectivity index (χ0n) is 17.9. The van der Waals surface area contributed by atoms with Crippen LogP contribution in [0.15, 0.2) is 24.4 Å². The Kier molecular flexibility index (Phi) is 5.69. The van der Waals surface area contributed by atoms with Gasteiger partial charge in [-0.15, -0.1) is 0 Å². The number of nitrogens with zero attached hydrogens (tertiary/aromatic N) is 3. The summed E-state index contributed by atoms with van der Waals surface area (Å²) in [7, 11) is -0.208. The molecule has 1 saturated heterocycles. The largest absolute Gasteiger partial charge is 0.495 e. The standard InChI is InChI=1S/C22H31N3O2Si/c1-22(2,3)28(5,6)27-18-8-7-11-25(15-18)21-19-13-20(26-4)17(14-23)12-16(19)9-10-24-21/h9-10,12-13,18H,7-8,11,15H2,1-6H3/t18-/m0/s1. The van der Waals surface area contributed by atoms with Crippen molar-refractivity contribution < 1.29 is 9.16 Å². The molecule has 1 aliphatic rings. The van der Waals surface area contributed by atoms with Crippen LogP contribution in [0, 0.1) is 11.3 Å². The first-order valence-corrected chi connectivity index (χ1v) is 12.9. The quantitative estimate of drug-likeness (QED) is 0.671. The van der Waals surface area contributed by atoms with Crippen molar-refractivity contribution >= 4 is 24.9 Å². The van der Waals surface area contributed by atoms with Gasteiger partial charge >= 0.3 is 0 Å². The molecule has 0 bridgehead atoms. The van der Waals surface area contributed by atoms with Crippen molar-refractivity contribution in [3.8, 4) is 11.8 Å². The minimum atomic E-state index is -1.81. The summed E-state index contributed by atoms with van der Waals surface area (Å²) in [6, 6.07) is 7.98. The van der Waals surface area contributed by atoms with Crippen molar-refractivity contribution in [1.82, 2.24) is 4.98 Å². The summed E-state index contributed by atoms with van der Waals surface area (Å²) in [4.78, 5) is 7.01. The molecular weight excluding hydrogens is 366 g/mol. The maximum absolute atomic E-state index is 9.37. The van der Waals surface area contributed by atoms with Gasteiger partial charge in [0.2, 0.25) is 0 Å². The molecule has 2 heterocycles. The first-order valence-electron chi connectivity index (χ1n) is 9.96. The molecule has 6 heteroatoms. The summed E-state index contributed by atoms with van der Waals surface area (Å²) >= 11 is 0. The van der Waals surface area contributed by atoms with Gasteiger partial charge in [0.25, 0.3) is 0 Å². The molecule has 0 unspecified atom stereocenters. The Bertz CT molecular complexity index is 899. The van der Waals surface area contributed by atoms with Crippen molar-refractivity contribution in [2.45, 2.75) is 57.8 Å². The van der Waals surface area contributed by atoms with Gasteiger partial charge in [0, 0.05) is 24.7 Å². The minimum Gasteiger partial charge on any atom is -0.495 e. The lowest BCUT2D eigenvalue weighted by Crippen LogP contribution is -2.49. The van der Waals surface area contributed by atoms with Crippen LogP contribution in [0.5, 0.6) is 5.75 Å². The second kappa shape index (κ2) is 7.73. The highest BCUT2D eigenvalue weighted by Gasteiger charge is 2.40. The Labute approximate surface area is 169 Å². The van der Waals surface area contributed by atoms with Gasteiger partial charge in [0.15, 0.2) is 8.32 Å². The van der Waals surface area contributed by atoms with Crippen LogP contribution in [-0.2, 0) is 4.43 Å². The second-order valence-electron chi connectivity index (χ2n) is 9.11. The van der Waals surface area contributed by atoms with Gasteiger partial charge in [-0.25, -0.2) is 4.98 Å². The summed E-state index contributed by atoms with van der Waals surface area (Å²) in [5.41, 5.74) is 0.546. The number of pyridine rings is 1. The topological polar surface area (TPSA) is 58.4 Å². The molecule has 1 aromatic heterocycles. The van der Waals surface area contributed by atoms with Crippen molar-refractivity contribution in [3.63, 3.8) is 0 Å². The van der Waals surface area contributed by atoms with E-state index >= 15 is 0 Å². The Morgan fingerprint density at radius 3 is 2.68 bits per heavy atom. The molecule has 5 nitrogen and oxygen atoms in total. The average molecular weight is 398 g/mol. The van der Waals surface area contributed by atoms with Crippen LogP contribution in [0.4, 0.5) is 5.82 Å². The van der Waals surface area contributed by atoms with E-state index in [2.05, 4.69) is 49.8 Å². The van der Waals surface area contributed by atoms with Crippen molar-refractivity contribution in [2.24, 2.45) is 0 Å². The molecule has 2 aromatic rings. The van der Waals surface area contributed by atoms with E-state index in [-0.39, 0.29) is 11.1 Å². The zero-order valence-corrected chi connectivity index (χ0v) is 18.9. The highest BCUT2D eigenvalue weighted by Crippen LogP contribution is 2.39. The molecule has 0 radical (unpaired) electrons. The van der Waals surface area contributed by atoms with E-state index in [9.17, 15) is 5.26 Å². The van der Waals surface area contributed by atoms with E-state index in [4.69, 9.17) is 9.16 Å². The molecule has 1 aliphatic heterocycles. The van der Waals surface area contributed by atoms with Crippen molar-refractivity contribution in [2.75, 3.05) is 25.1 Å². The Morgan fingerprint density at radius 1 is 1.29 bits per heavy atom. The van der Waals surface area contributed by atoms with Crippen molar-refractivity contribution in [1.29, 1.82) is 5.26 Å². The van der Waals surface area contributed by atoms with Crippen LogP contribution >= 0.6 is 0 Å². The number of ether oxygens (including phenoxy) is 1. The van der Waals surface area contributed by atoms with Gasteiger partial charge in [0.1, 0.15) is 17.6 Å². The molecule has 0 spiro atoms.